The molecule has 0 atom stereocenters. The fraction of sp³-hybridized carbons (Fsp3) is 0.400. The van der Waals surface area contributed by atoms with Crippen LogP contribution in [0.1, 0.15) is 38.8 Å². The summed E-state index contributed by atoms with van der Waals surface area (Å²) in [4.78, 5) is 12.1. The first-order valence-corrected chi connectivity index (χ1v) is 5.97. The summed E-state index contributed by atoms with van der Waals surface area (Å²) >= 11 is 0. The number of aryl methyl sites for hydroxylation is 1. The van der Waals surface area contributed by atoms with Gasteiger partial charge in [0.2, 0.25) is 0 Å². The topological polar surface area (TPSA) is 29.1 Å². The number of allylic oxidation sites excluding steroid dienone is 1. The van der Waals surface area contributed by atoms with E-state index in [2.05, 4.69) is 5.32 Å². The van der Waals surface area contributed by atoms with Crippen molar-refractivity contribution in [3.63, 3.8) is 0 Å². The van der Waals surface area contributed by atoms with Crippen LogP contribution >= 0.6 is 0 Å². The molecule has 1 N–H and O–H groups in total. The Labute approximate surface area is 104 Å². The molecule has 1 amide bonds. The van der Waals surface area contributed by atoms with E-state index in [1.54, 1.807) is 0 Å². The Bertz CT molecular complexity index is 423. The van der Waals surface area contributed by atoms with Crippen LogP contribution in [0.25, 0.3) is 5.57 Å². The van der Waals surface area contributed by atoms with Gasteiger partial charge in [-0.25, -0.2) is 0 Å². The minimum absolute atomic E-state index is 0.00357. The predicted molar refractivity (Wildman–Crippen MR) is 72.7 cm³/mol. The summed E-state index contributed by atoms with van der Waals surface area (Å²) in [5, 5.41) is 2.94. The second-order valence-electron chi connectivity index (χ2n) is 4.87. The zero-order valence-electron chi connectivity index (χ0n) is 11.3. The Balaban J connectivity index is 3.08. The van der Waals surface area contributed by atoms with E-state index in [1.165, 1.54) is 5.56 Å². The van der Waals surface area contributed by atoms with Gasteiger partial charge in [0.1, 0.15) is 0 Å². The van der Waals surface area contributed by atoms with Gasteiger partial charge in [-0.2, -0.15) is 0 Å². The van der Waals surface area contributed by atoms with Gasteiger partial charge in [-0.15, -0.1) is 0 Å². The number of nitrogens with one attached hydrogen (secondary N) is 1. The fourth-order valence-electron chi connectivity index (χ4n) is 1.70. The van der Waals surface area contributed by atoms with Crippen molar-refractivity contribution < 1.29 is 4.79 Å². The Morgan fingerprint density at radius 3 is 2.06 bits per heavy atom. The first-order valence-electron chi connectivity index (χ1n) is 5.97. The van der Waals surface area contributed by atoms with Gasteiger partial charge in [-0.1, -0.05) is 35.4 Å². The van der Waals surface area contributed by atoms with Gasteiger partial charge < -0.3 is 5.32 Å². The zero-order chi connectivity index (χ0) is 13.0. The third kappa shape index (κ3) is 3.74. The van der Waals surface area contributed by atoms with Gasteiger partial charge in [0.25, 0.3) is 5.91 Å². The van der Waals surface area contributed by atoms with Crippen LogP contribution in [0.4, 0.5) is 0 Å². The molecule has 1 aromatic carbocycles. The quantitative estimate of drug-likeness (QED) is 0.794. The Hall–Kier alpha value is -1.57. The molecule has 0 saturated carbocycles. The second kappa shape index (κ2) is 5.67. The van der Waals surface area contributed by atoms with Gasteiger partial charge >= 0.3 is 0 Å². The first kappa shape index (κ1) is 13.5. The lowest BCUT2D eigenvalue weighted by Gasteiger charge is -2.13. The molecule has 92 valence electrons. The molecule has 0 aliphatic rings. The molecule has 0 saturated heterocycles. The molecule has 17 heavy (non-hydrogen) atoms. The van der Waals surface area contributed by atoms with Crippen molar-refractivity contribution in [2.75, 3.05) is 0 Å². The minimum Gasteiger partial charge on any atom is -0.350 e. The van der Waals surface area contributed by atoms with Crippen LogP contribution in [0.15, 0.2) is 29.8 Å². The summed E-state index contributed by atoms with van der Waals surface area (Å²) in [5.74, 6) is 0.00357. The zero-order valence-corrected chi connectivity index (χ0v) is 11.3. The van der Waals surface area contributed by atoms with Crippen LogP contribution in [-0.2, 0) is 4.79 Å². The molecule has 0 aliphatic carbocycles. The smallest absolute Gasteiger partial charge is 0.252 e. The average molecular weight is 231 g/mol. The molecule has 0 unspecified atom stereocenters. The van der Waals surface area contributed by atoms with Crippen molar-refractivity contribution in [3.05, 3.63) is 41.0 Å². The molecule has 1 rings (SSSR count). The van der Waals surface area contributed by atoms with Crippen molar-refractivity contribution in [3.8, 4) is 0 Å². The fourth-order valence-corrected chi connectivity index (χ4v) is 1.70. The van der Waals surface area contributed by atoms with E-state index in [0.717, 1.165) is 16.7 Å². The third-order valence-corrected chi connectivity index (χ3v) is 2.49. The van der Waals surface area contributed by atoms with E-state index in [1.807, 2.05) is 58.9 Å². The molecule has 2 heteroatoms. The summed E-state index contributed by atoms with van der Waals surface area (Å²) in [6, 6.07) is 8.21. The van der Waals surface area contributed by atoms with Crippen molar-refractivity contribution in [1.29, 1.82) is 0 Å². The maximum atomic E-state index is 12.1. The monoisotopic (exact) mass is 231 g/mol. The molecule has 0 spiro atoms. The molecule has 0 aliphatic heterocycles. The largest absolute Gasteiger partial charge is 0.350 e. The summed E-state index contributed by atoms with van der Waals surface area (Å²) < 4.78 is 0. The predicted octanol–water partition coefficient (Wildman–Crippen LogP) is 3.31. The number of carbonyl (C=O) groups excluding carboxylic acids is 1. The lowest BCUT2D eigenvalue weighted by Crippen LogP contribution is -2.31. The lowest BCUT2D eigenvalue weighted by molar-refractivity contribution is -0.116. The van der Waals surface area contributed by atoms with Gasteiger partial charge in [0.15, 0.2) is 0 Å². The van der Waals surface area contributed by atoms with E-state index >= 15 is 0 Å². The van der Waals surface area contributed by atoms with E-state index in [9.17, 15) is 4.79 Å². The SMILES string of the molecule is CC(C)=C(C(=O)NC(C)C)c1ccc(C)cc1. The van der Waals surface area contributed by atoms with Gasteiger partial charge in [-0.05, 0) is 40.2 Å². The Kier molecular flexibility index (Phi) is 4.50. The van der Waals surface area contributed by atoms with E-state index in [4.69, 9.17) is 0 Å². The van der Waals surface area contributed by atoms with E-state index in [-0.39, 0.29) is 11.9 Å². The van der Waals surface area contributed by atoms with Crippen LogP contribution < -0.4 is 5.32 Å². The summed E-state index contributed by atoms with van der Waals surface area (Å²) in [5.41, 5.74) is 3.99. The van der Waals surface area contributed by atoms with Crippen LogP contribution in [0.3, 0.4) is 0 Å². The number of rotatable bonds is 3. The second-order valence-corrected chi connectivity index (χ2v) is 4.87. The Morgan fingerprint density at radius 2 is 1.65 bits per heavy atom. The molecule has 0 radical (unpaired) electrons. The van der Waals surface area contributed by atoms with Gasteiger partial charge in [0, 0.05) is 11.6 Å². The summed E-state index contributed by atoms with van der Waals surface area (Å²) in [6.07, 6.45) is 0. The first-order chi connectivity index (χ1) is 7.91. The molecule has 0 heterocycles. The highest BCUT2D eigenvalue weighted by Gasteiger charge is 2.14. The molecule has 0 aromatic heterocycles. The summed E-state index contributed by atoms with van der Waals surface area (Å²) in [6.45, 7) is 9.91. The van der Waals surface area contributed by atoms with Crippen LogP contribution in [0.2, 0.25) is 0 Å². The highest BCUT2D eigenvalue weighted by atomic mass is 16.1. The van der Waals surface area contributed by atoms with Crippen LogP contribution in [0.5, 0.6) is 0 Å². The molecule has 0 bridgehead atoms. The van der Waals surface area contributed by atoms with E-state index < -0.39 is 0 Å². The highest BCUT2D eigenvalue weighted by Crippen LogP contribution is 2.19. The van der Waals surface area contributed by atoms with Gasteiger partial charge in [-0.3, -0.25) is 4.79 Å². The lowest BCUT2D eigenvalue weighted by atomic mass is 9.99. The standard InChI is InChI=1S/C15H21NO/c1-10(2)14(15(17)16-11(3)4)13-8-6-12(5)7-9-13/h6-9,11H,1-5H3,(H,16,17). The van der Waals surface area contributed by atoms with Crippen molar-refractivity contribution in [2.45, 2.75) is 40.7 Å². The Morgan fingerprint density at radius 1 is 1.12 bits per heavy atom. The number of carbonyl (C=O) groups is 1. The van der Waals surface area contributed by atoms with Crippen LogP contribution in [0, 0.1) is 6.92 Å². The number of hydrogen-bond donors (Lipinski definition) is 1. The molecule has 1 aromatic rings. The van der Waals surface area contributed by atoms with Crippen molar-refractivity contribution in [2.24, 2.45) is 0 Å². The molecule has 2 nitrogen and oxygen atoms in total. The van der Waals surface area contributed by atoms with E-state index in [0.29, 0.717) is 0 Å². The molecular weight excluding hydrogens is 210 g/mol. The van der Waals surface area contributed by atoms with Gasteiger partial charge in [0.05, 0.1) is 0 Å². The van der Waals surface area contributed by atoms with Crippen molar-refractivity contribution in [1.82, 2.24) is 5.32 Å². The maximum Gasteiger partial charge on any atom is 0.252 e. The minimum atomic E-state index is 0.00357. The number of benzene rings is 1. The average Bonchev–Trinajstić information content (AvgIpc) is 2.19. The summed E-state index contributed by atoms with van der Waals surface area (Å²) in [7, 11) is 0. The maximum absolute atomic E-state index is 12.1. The number of hydrogen-bond acceptors (Lipinski definition) is 1. The normalized spacial score (nSPS) is 10.2. The van der Waals surface area contributed by atoms with Crippen molar-refractivity contribution >= 4 is 11.5 Å². The van der Waals surface area contributed by atoms with Crippen LogP contribution in [-0.4, -0.2) is 11.9 Å². The number of amides is 1. The molecular formula is C15H21NO. The molecule has 0 fully saturated rings. The highest BCUT2D eigenvalue weighted by molar-refractivity contribution is 6.20. The third-order valence-electron chi connectivity index (χ3n) is 2.49.